The number of nitrogens with zero attached hydrogens (tertiary/aromatic N) is 1. The lowest BCUT2D eigenvalue weighted by Gasteiger charge is -2.10. The molecule has 1 amide bonds. The highest BCUT2D eigenvalue weighted by molar-refractivity contribution is 7.11. The van der Waals surface area contributed by atoms with E-state index in [1.807, 2.05) is 0 Å². The first kappa shape index (κ1) is 23.3. The lowest BCUT2D eigenvalue weighted by atomic mass is 10.1. The van der Waals surface area contributed by atoms with E-state index in [-0.39, 0.29) is 22.8 Å². The van der Waals surface area contributed by atoms with Crippen LogP contribution in [0.3, 0.4) is 0 Å². The van der Waals surface area contributed by atoms with Crippen molar-refractivity contribution < 1.29 is 27.5 Å². The Labute approximate surface area is 185 Å². The van der Waals surface area contributed by atoms with Crippen molar-refractivity contribution in [1.82, 2.24) is 9.88 Å². The van der Waals surface area contributed by atoms with Crippen LogP contribution in [-0.4, -0.2) is 16.4 Å². The largest absolute Gasteiger partial charge is 0.427 e. The summed E-state index contributed by atoms with van der Waals surface area (Å²) < 4.78 is 44.9. The van der Waals surface area contributed by atoms with Gasteiger partial charge in [-0.05, 0) is 42.3 Å². The van der Waals surface area contributed by atoms with Gasteiger partial charge in [0.15, 0.2) is 0 Å². The second-order valence-corrected chi connectivity index (χ2v) is 7.95. The molecule has 10 heteroatoms. The van der Waals surface area contributed by atoms with Crippen molar-refractivity contribution >= 4 is 23.2 Å². The summed E-state index contributed by atoms with van der Waals surface area (Å²) in [5.74, 6) is -0.597. The quantitative estimate of drug-likeness (QED) is 0.439. The first-order valence-electron chi connectivity index (χ1n) is 9.46. The molecule has 168 valence electrons. The number of halogens is 3. The van der Waals surface area contributed by atoms with E-state index in [0.717, 1.165) is 29.0 Å². The van der Waals surface area contributed by atoms with Gasteiger partial charge in [0.05, 0.1) is 12.1 Å². The maximum atomic E-state index is 12.8. The topological polar surface area (TPSA) is 77.4 Å². The predicted octanol–water partition coefficient (Wildman–Crippen LogP) is 4.14. The maximum absolute atomic E-state index is 12.8. The maximum Gasteiger partial charge on any atom is 0.416 e. The number of thiazole rings is 1. The molecule has 1 N–H and O–H groups in total. The highest BCUT2D eigenvalue weighted by Gasteiger charge is 2.30. The lowest BCUT2D eigenvalue weighted by molar-refractivity contribution is -0.137. The van der Waals surface area contributed by atoms with Crippen molar-refractivity contribution in [3.05, 3.63) is 85.5 Å². The molecule has 1 heterocycles. The first-order valence-corrected chi connectivity index (χ1v) is 10.3. The molecular weight excluding hydrogens is 445 g/mol. The average Bonchev–Trinajstić information content (AvgIpc) is 3.01. The Hall–Kier alpha value is -3.40. The normalized spacial score (nSPS) is 11.3. The summed E-state index contributed by atoms with van der Waals surface area (Å²) in [6.07, 6.45) is -4.47. The van der Waals surface area contributed by atoms with Gasteiger partial charge in [-0.2, -0.15) is 13.2 Å². The number of carbonyl (C=O) groups is 2. The zero-order valence-corrected chi connectivity index (χ0v) is 18.0. The molecule has 0 aliphatic carbocycles. The van der Waals surface area contributed by atoms with Crippen molar-refractivity contribution in [2.75, 3.05) is 0 Å². The SMILES string of the molecule is CC(=O)Oc1ccc(Cn2c(C)c(C(=O)NCc3cccc(C(F)(F)F)c3)sc2=O)cc1. The Bertz CT molecular complexity index is 1200. The van der Waals surface area contributed by atoms with Crippen molar-refractivity contribution in [2.24, 2.45) is 0 Å². The van der Waals surface area contributed by atoms with E-state index in [2.05, 4.69) is 5.32 Å². The van der Waals surface area contributed by atoms with E-state index >= 15 is 0 Å². The molecule has 6 nitrogen and oxygen atoms in total. The summed E-state index contributed by atoms with van der Waals surface area (Å²) >= 11 is 0.768. The van der Waals surface area contributed by atoms with Crippen LogP contribution in [-0.2, 0) is 24.1 Å². The van der Waals surface area contributed by atoms with Crippen molar-refractivity contribution in [2.45, 2.75) is 33.1 Å². The Morgan fingerprint density at radius 2 is 1.78 bits per heavy atom. The van der Waals surface area contributed by atoms with Gasteiger partial charge >= 0.3 is 17.0 Å². The predicted molar refractivity (Wildman–Crippen MR) is 113 cm³/mol. The molecule has 0 saturated carbocycles. The minimum atomic E-state index is -4.47. The van der Waals surface area contributed by atoms with Gasteiger partial charge in [0.2, 0.25) is 0 Å². The second kappa shape index (κ2) is 9.39. The van der Waals surface area contributed by atoms with Gasteiger partial charge < -0.3 is 10.1 Å². The molecule has 0 atom stereocenters. The molecule has 0 radical (unpaired) electrons. The third-order valence-corrected chi connectivity index (χ3v) is 5.66. The number of rotatable bonds is 6. The van der Waals surface area contributed by atoms with Gasteiger partial charge in [0.25, 0.3) is 5.91 Å². The molecular formula is C22H19F3N2O4S. The Morgan fingerprint density at radius 1 is 1.09 bits per heavy atom. The van der Waals surface area contributed by atoms with Crippen molar-refractivity contribution in [3.8, 4) is 5.75 Å². The Kier molecular flexibility index (Phi) is 6.83. The molecule has 0 aliphatic heterocycles. The minimum Gasteiger partial charge on any atom is -0.427 e. The van der Waals surface area contributed by atoms with E-state index in [4.69, 9.17) is 4.74 Å². The summed E-state index contributed by atoms with van der Waals surface area (Å²) in [5.41, 5.74) is 0.715. The summed E-state index contributed by atoms with van der Waals surface area (Å²) in [4.78, 5) is 35.8. The van der Waals surface area contributed by atoms with E-state index < -0.39 is 23.6 Å². The van der Waals surface area contributed by atoms with Gasteiger partial charge in [-0.15, -0.1) is 0 Å². The number of hydrogen-bond acceptors (Lipinski definition) is 5. The summed E-state index contributed by atoms with van der Waals surface area (Å²) in [7, 11) is 0. The molecule has 0 bridgehead atoms. The van der Waals surface area contributed by atoms with Crippen LogP contribution in [0.15, 0.2) is 53.3 Å². The van der Waals surface area contributed by atoms with Gasteiger partial charge in [-0.1, -0.05) is 35.6 Å². The first-order chi connectivity index (χ1) is 15.0. The summed E-state index contributed by atoms with van der Waals surface area (Å²) in [6, 6.07) is 11.3. The molecule has 0 spiro atoms. The zero-order valence-electron chi connectivity index (χ0n) is 17.2. The third kappa shape index (κ3) is 5.64. The van der Waals surface area contributed by atoms with Gasteiger partial charge in [0, 0.05) is 19.2 Å². The Morgan fingerprint density at radius 3 is 2.41 bits per heavy atom. The van der Waals surface area contributed by atoms with Crippen LogP contribution in [0.5, 0.6) is 5.75 Å². The van der Waals surface area contributed by atoms with Gasteiger partial charge in [-0.3, -0.25) is 19.0 Å². The van der Waals surface area contributed by atoms with Crippen LogP contribution in [0.2, 0.25) is 0 Å². The third-order valence-electron chi connectivity index (χ3n) is 4.58. The van der Waals surface area contributed by atoms with Crippen molar-refractivity contribution in [3.63, 3.8) is 0 Å². The number of esters is 1. The molecule has 32 heavy (non-hydrogen) atoms. The van der Waals surface area contributed by atoms with Gasteiger partial charge in [-0.25, -0.2) is 0 Å². The molecule has 3 aromatic rings. The van der Waals surface area contributed by atoms with Crippen molar-refractivity contribution in [1.29, 1.82) is 0 Å². The Balaban J connectivity index is 1.71. The van der Waals surface area contributed by atoms with E-state index in [9.17, 15) is 27.6 Å². The number of carbonyl (C=O) groups excluding carboxylic acids is 2. The fourth-order valence-electron chi connectivity index (χ4n) is 3.00. The van der Waals surface area contributed by atoms with Crippen LogP contribution in [0.25, 0.3) is 0 Å². The zero-order chi connectivity index (χ0) is 23.5. The molecule has 2 aromatic carbocycles. The molecule has 0 fully saturated rings. The lowest BCUT2D eigenvalue weighted by Crippen LogP contribution is -2.23. The molecule has 1 aromatic heterocycles. The summed E-state index contributed by atoms with van der Waals surface area (Å²) in [5, 5.41) is 2.57. The number of aromatic nitrogens is 1. The second-order valence-electron chi connectivity index (χ2n) is 6.99. The molecule has 0 unspecified atom stereocenters. The van der Waals surface area contributed by atoms with Crippen LogP contribution >= 0.6 is 11.3 Å². The fraction of sp³-hybridized carbons (Fsp3) is 0.227. The van der Waals surface area contributed by atoms with Gasteiger partial charge in [0.1, 0.15) is 10.6 Å². The standard InChI is InChI=1S/C22H19F3N2O4S/c1-13-19(20(29)26-11-16-4-3-5-17(10-16)22(23,24)25)32-21(30)27(13)12-15-6-8-18(9-7-15)31-14(2)28/h3-10H,11-12H2,1-2H3,(H,26,29). The highest BCUT2D eigenvalue weighted by atomic mass is 32.1. The van der Waals surface area contributed by atoms with Crippen LogP contribution in [0, 0.1) is 6.92 Å². The number of alkyl halides is 3. The van der Waals surface area contributed by atoms with E-state index in [1.165, 1.54) is 23.6 Å². The van der Waals surface area contributed by atoms with Crippen LogP contribution in [0.1, 0.15) is 39.0 Å². The number of nitrogens with one attached hydrogen (secondary N) is 1. The minimum absolute atomic E-state index is 0.105. The summed E-state index contributed by atoms with van der Waals surface area (Å²) in [6.45, 7) is 3.03. The smallest absolute Gasteiger partial charge is 0.416 e. The molecule has 0 aliphatic rings. The number of ether oxygens (including phenoxy) is 1. The molecule has 0 saturated heterocycles. The number of amides is 1. The van der Waals surface area contributed by atoms with Crippen LogP contribution in [0.4, 0.5) is 13.2 Å². The number of benzene rings is 2. The number of hydrogen-bond donors (Lipinski definition) is 1. The molecule has 3 rings (SSSR count). The monoisotopic (exact) mass is 464 g/mol. The van der Waals surface area contributed by atoms with Crippen LogP contribution < -0.4 is 14.9 Å². The van der Waals surface area contributed by atoms with E-state index in [0.29, 0.717) is 17.0 Å². The highest BCUT2D eigenvalue weighted by Crippen LogP contribution is 2.29. The fourth-order valence-corrected chi connectivity index (χ4v) is 3.91. The van der Waals surface area contributed by atoms with E-state index in [1.54, 1.807) is 31.2 Å². The average molecular weight is 464 g/mol.